The summed E-state index contributed by atoms with van der Waals surface area (Å²) in [6.45, 7) is 2.95. The number of amides is 1. The predicted octanol–water partition coefficient (Wildman–Crippen LogP) is 3.01. The Bertz CT molecular complexity index is 614. The van der Waals surface area contributed by atoms with Gasteiger partial charge < -0.3 is 15.0 Å². The van der Waals surface area contributed by atoms with Gasteiger partial charge in [-0.25, -0.2) is 0 Å². The third-order valence-electron chi connectivity index (χ3n) is 3.78. The monoisotopic (exact) mass is 326 g/mol. The Labute approximate surface area is 144 Å². The number of hydrogen-bond donors (Lipinski definition) is 1. The highest BCUT2D eigenvalue weighted by Crippen LogP contribution is 2.14. The molecule has 2 unspecified atom stereocenters. The lowest BCUT2D eigenvalue weighted by Crippen LogP contribution is -2.40. The summed E-state index contributed by atoms with van der Waals surface area (Å²) in [6.07, 6.45) is -0.501. The quantitative estimate of drug-likeness (QED) is 0.811. The van der Waals surface area contributed by atoms with Crippen LogP contribution in [0, 0.1) is 0 Å². The van der Waals surface area contributed by atoms with E-state index in [1.54, 1.807) is 6.92 Å². The summed E-state index contributed by atoms with van der Waals surface area (Å²) in [6, 6.07) is 19.8. The van der Waals surface area contributed by atoms with Crippen molar-refractivity contribution in [2.24, 2.45) is 0 Å². The van der Waals surface area contributed by atoms with E-state index in [4.69, 9.17) is 4.74 Å². The highest BCUT2D eigenvalue weighted by Gasteiger charge is 2.20. The minimum absolute atomic E-state index is 0.0588. The predicted molar refractivity (Wildman–Crippen MR) is 96.6 cm³/mol. The summed E-state index contributed by atoms with van der Waals surface area (Å²) < 4.78 is 5.71. The molecule has 4 nitrogen and oxygen atoms in total. The number of carbonyl (C=O) groups is 1. The lowest BCUT2D eigenvalue weighted by Gasteiger charge is -2.24. The third-order valence-corrected chi connectivity index (χ3v) is 3.78. The van der Waals surface area contributed by atoms with Gasteiger partial charge in [0, 0.05) is 6.54 Å². The Hall–Kier alpha value is -2.17. The van der Waals surface area contributed by atoms with Crippen LogP contribution in [0.5, 0.6) is 0 Å². The maximum Gasteiger partial charge on any atom is 0.249 e. The largest absolute Gasteiger partial charge is 0.364 e. The van der Waals surface area contributed by atoms with Crippen molar-refractivity contribution in [3.05, 3.63) is 71.8 Å². The summed E-state index contributed by atoms with van der Waals surface area (Å²) in [5, 5.41) is 3.10. The van der Waals surface area contributed by atoms with Crippen molar-refractivity contribution in [3.8, 4) is 0 Å². The maximum atomic E-state index is 12.5. The molecule has 2 rings (SSSR count). The topological polar surface area (TPSA) is 41.6 Å². The SMILES string of the molecule is CC(OCc1ccccc1)C(=O)NC(CN(C)C)c1ccccc1. The highest BCUT2D eigenvalue weighted by atomic mass is 16.5. The molecule has 0 radical (unpaired) electrons. The Morgan fingerprint density at radius 3 is 2.21 bits per heavy atom. The van der Waals surface area contributed by atoms with E-state index in [0.29, 0.717) is 6.61 Å². The molecular formula is C20H26N2O2. The van der Waals surface area contributed by atoms with Crippen molar-refractivity contribution in [2.45, 2.75) is 25.7 Å². The molecule has 2 aromatic carbocycles. The second-order valence-electron chi connectivity index (χ2n) is 6.17. The molecule has 0 aromatic heterocycles. The van der Waals surface area contributed by atoms with E-state index in [9.17, 15) is 4.79 Å². The van der Waals surface area contributed by atoms with Crippen LogP contribution in [-0.4, -0.2) is 37.6 Å². The summed E-state index contributed by atoms with van der Waals surface area (Å²) in [5.41, 5.74) is 2.15. The zero-order valence-electron chi connectivity index (χ0n) is 14.6. The van der Waals surface area contributed by atoms with E-state index in [1.165, 1.54) is 0 Å². The fraction of sp³-hybridized carbons (Fsp3) is 0.350. The van der Waals surface area contributed by atoms with Crippen molar-refractivity contribution in [1.82, 2.24) is 10.2 Å². The molecule has 0 aliphatic carbocycles. The number of rotatable bonds is 8. The molecule has 0 aliphatic heterocycles. The first-order chi connectivity index (χ1) is 11.6. The first-order valence-corrected chi connectivity index (χ1v) is 8.22. The molecule has 4 heteroatoms. The van der Waals surface area contributed by atoms with Crippen LogP contribution < -0.4 is 5.32 Å². The molecule has 0 heterocycles. The van der Waals surface area contributed by atoms with Crippen LogP contribution in [0.15, 0.2) is 60.7 Å². The van der Waals surface area contributed by atoms with Gasteiger partial charge in [0.1, 0.15) is 6.10 Å². The molecule has 0 saturated carbocycles. The van der Waals surface area contributed by atoms with Gasteiger partial charge in [-0.3, -0.25) is 4.79 Å². The summed E-state index contributed by atoms with van der Waals surface area (Å²) >= 11 is 0. The minimum atomic E-state index is -0.501. The van der Waals surface area contributed by atoms with Crippen LogP contribution in [0.4, 0.5) is 0 Å². The average molecular weight is 326 g/mol. The number of ether oxygens (including phenoxy) is 1. The lowest BCUT2D eigenvalue weighted by atomic mass is 10.1. The van der Waals surface area contributed by atoms with Crippen LogP contribution in [0.25, 0.3) is 0 Å². The Balaban J connectivity index is 1.93. The number of carbonyl (C=O) groups excluding carboxylic acids is 1. The molecule has 24 heavy (non-hydrogen) atoms. The normalized spacial score (nSPS) is 13.5. The lowest BCUT2D eigenvalue weighted by molar-refractivity contribution is -0.133. The van der Waals surface area contributed by atoms with Crippen LogP contribution in [0.2, 0.25) is 0 Å². The minimum Gasteiger partial charge on any atom is -0.364 e. The van der Waals surface area contributed by atoms with Crippen molar-refractivity contribution >= 4 is 5.91 Å². The third kappa shape index (κ3) is 5.80. The molecular weight excluding hydrogens is 300 g/mol. The average Bonchev–Trinajstić information content (AvgIpc) is 2.60. The van der Waals surface area contributed by atoms with E-state index >= 15 is 0 Å². The Morgan fingerprint density at radius 1 is 1.04 bits per heavy atom. The molecule has 1 amide bonds. The molecule has 1 N–H and O–H groups in total. The standard InChI is InChI=1S/C20H26N2O2/c1-16(24-15-17-10-6-4-7-11-17)20(23)21-19(14-22(2)3)18-12-8-5-9-13-18/h4-13,16,19H,14-15H2,1-3H3,(H,21,23). The van der Waals surface area contributed by atoms with Crippen LogP contribution in [-0.2, 0) is 16.1 Å². The number of nitrogens with zero attached hydrogens (tertiary/aromatic N) is 1. The van der Waals surface area contributed by atoms with Gasteiger partial charge in [0.25, 0.3) is 0 Å². The summed E-state index contributed by atoms with van der Waals surface area (Å²) in [5.74, 6) is -0.0957. The number of nitrogens with one attached hydrogen (secondary N) is 1. The molecule has 128 valence electrons. The second kappa shape index (κ2) is 9.21. The van der Waals surface area contributed by atoms with Gasteiger partial charge in [-0.15, -0.1) is 0 Å². The molecule has 0 spiro atoms. The van der Waals surface area contributed by atoms with E-state index < -0.39 is 6.10 Å². The zero-order valence-corrected chi connectivity index (χ0v) is 14.6. The molecule has 0 bridgehead atoms. The highest BCUT2D eigenvalue weighted by molar-refractivity contribution is 5.80. The number of hydrogen-bond acceptors (Lipinski definition) is 3. The van der Waals surface area contributed by atoms with Gasteiger partial charge >= 0.3 is 0 Å². The van der Waals surface area contributed by atoms with E-state index in [-0.39, 0.29) is 11.9 Å². The van der Waals surface area contributed by atoms with E-state index in [1.807, 2.05) is 74.8 Å². The Kier molecular flexibility index (Phi) is 6.97. The van der Waals surface area contributed by atoms with Crippen LogP contribution in [0.3, 0.4) is 0 Å². The van der Waals surface area contributed by atoms with Gasteiger partial charge in [0.05, 0.1) is 12.6 Å². The maximum absolute atomic E-state index is 12.5. The van der Waals surface area contributed by atoms with E-state index in [2.05, 4.69) is 10.2 Å². The Morgan fingerprint density at radius 2 is 1.62 bits per heavy atom. The molecule has 2 atom stereocenters. The molecule has 0 saturated heterocycles. The number of benzene rings is 2. The van der Waals surface area contributed by atoms with Crippen molar-refractivity contribution in [2.75, 3.05) is 20.6 Å². The van der Waals surface area contributed by atoms with Gasteiger partial charge in [-0.2, -0.15) is 0 Å². The number of likely N-dealkylation sites (N-methyl/N-ethyl adjacent to an activating group) is 1. The smallest absolute Gasteiger partial charge is 0.249 e. The van der Waals surface area contributed by atoms with E-state index in [0.717, 1.165) is 17.7 Å². The molecule has 0 aliphatic rings. The van der Waals surface area contributed by atoms with Gasteiger partial charge in [0.2, 0.25) is 5.91 Å². The first-order valence-electron chi connectivity index (χ1n) is 8.22. The van der Waals surface area contributed by atoms with Crippen LogP contribution in [0.1, 0.15) is 24.1 Å². The second-order valence-corrected chi connectivity index (χ2v) is 6.17. The fourth-order valence-electron chi connectivity index (χ4n) is 2.45. The fourth-order valence-corrected chi connectivity index (χ4v) is 2.45. The van der Waals surface area contributed by atoms with Crippen molar-refractivity contribution in [1.29, 1.82) is 0 Å². The van der Waals surface area contributed by atoms with Gasteiger partial charge in [-0.05, 0) is 32.1 Å². The van der Waals surface area contributed by atoms with Crippen molar-refractivity contribution < 1.29 is 9.53 Å². The first kappa shape index (κ1) is 18.2. The molecule has 0 fully saturated rings. The van der Waals surface area contributed by atoms with Crippen molar-refractivity contribution in [3.63, 3.8) is 0 Å². The molecule has 2 aromatic rings. The van der Waals surface area contributed by atoms with Crippen LogP contribution >= 0.6 is 0 Å². The summed E-state index contributed by atoms with van der Waals surface area (Å²) in [7, 11) is 3.99. The zero-order chi connectivity index (χ0) is 17.4. The summed E-state index contributed by atoms with van der Waals surface area (Å²) in [4.78, 5) is 14.5. The van der Waals surface area contributed by atoms with Gasteiger partial charge in [0.15, 0.2) is 0 Å². The van der Waals surface area contributed by atoms with Gasteiger partial charge in [-0.1, -0.05) is 60.7 Å².